The molecule has 3 N–H and O–H groups in total. The number of benzene rings is 2. The van der Waals surface area contributed by atoms with Gasteiger partial charge < -0.3 is 15.6 Å². The van der Waals surface area contributed by atoms with Crippen molar-refractivity contribution >= 4 is 16.7 Å². The monoisotopic (exact) mass is 367 g/mol. The van der Waals surface area contributed by atoms with Crippen molar-refractivity contribution in [3.63, 3.8) is 0 Å². The quantitative estimate of drug-likeness (QED) is 0.687. The summed E-state index contributed by atoms with van der Waals surface area (Å²) < 4.78 is 6.78. The lowest BCUT2D eigenvalue weighted by atomic mass is 10.1. The highest BCUT2D eigenvalue weighted by atomic mass is 16.5. The summed E-state index contributed by atoms with van der Waals surface area (Å²) in [4.78, 5) is 24.3. The number of primary amides is 1. The molecule has 1 amide bonds. The topological polar surface area (TPSA) is 107 Å². The Labute approximate surface area is 156 Å². The van der Waals surface area contributed by atoms with Crippen molar-refractivity contribution in [1.82, 2.24) is 9.78 Å². The predicted octanol–water partition coefficient (Wildman–Crippen LogP) is 1.55. The Balaban J connectivity index is 1.85. The normalized spacial score (nSPS) is 12.1. The highest BCUT2D eigenvalue weighted by Gasteiger charge is 2.17. The fraction of sp³-hybridized carbons (Fsp3) is 0.250. The first-order valence-electron chi connectivity index (χ1n) is 8.55. The number of ether oxygens (including phenoxy) is 1. The zero-order valence-corrected chi connectivity index (χ0v) is 15.2. The van der Waals surface area contributed by atoms with Gasteiger partial charge >= 0.3 is 0 Å². The van der Waals surface area contributed by atoms with Crippen LogP contribution in [-0.4, -0.2) is 33.5 Å². The van der Waals surface area contributed by atoms with Crippen molar-refractivity contribution in [2.75, 3.05) is 6.61 Å². The van der Waals surface area contributed by atoms with Crippen molar-refractivity contribution in [2.45, 2.75) is 26.5 Å². The molecule has 0 bridgehead atoms. The van der Waals surface area contributed by atoms with Crippen molar-refractivity contribution in [1.29, 1.82) is 0 Å². The molecular formula is C20H21N3O4. The molecule has 1 atom stereocenters. The number of nitrogens with two attached hydrogens (primary N) is 1. The lowest BCUT2D eigenvalue weighted by Gasteiger charge is -2.16. The molecule has 0 saturated heterocycles. The van der Waals surface area contributed by atoms with E-state index in [9.17, 15) is 14.7 Å². The Hall–Kier alpha value is -3.19. The highest BCUT2D eigenvalue weighted by Crippen LogP contribution is 2.22. The fourth-order valence-electron chi connectivity index (χ4n) is 3.00. The number of hydrogen-bond donors (Lipinski definition) is 2. The summed E-state index contributed by atoms with van der Waals surface area (Å²) in [7, 11) is 0. The van der Waals surface area contributed by atoms with Gasteiger partial charge in [-0.15, -0.1) is 0 Å². The largest absolute Gasteiger partial charge is 0.490 e. The van der Waals surface area contributed by atoms with Crippen LogP contribution in [0.3, 0.4) is 0 Å². The Bertz CT molecular complexity index is 1040. The zero-order chi connectivity index (χ0) is 19.6. The van der Waals surface area contributed by atoms with E-state index in [4.69, 9.17) is 10.5 Å². The van der Waals surface area contributed by atoms with Crippen LogP contribution in [0, 0.1) is 13.8 Å². The molecule has 7 nitrogen and oxygen atoms in total. The summed E-state index contributed by atoms with van der Waals surface area (Å²) >= 11 is 0. The van der Waals surface area contributed by atoms with Gasteiger partial charge in [0.2, 0.25) is 0 Å². The molecule has 0 fully saturated rings. The number of aromatic nitrogens is 2. The van der Waals surface area contributed by atoms with Crippen LogP contribution in [0.1, 0.15) is 21.6 Å². The third-order valence-corrected chi connectivity index (χ3v) is 4.31. The van der Waals surface area contributed by atoms with E-state index in [0.717, 1.165) is 15.8 Å². The van der Waals surface area contributed by atoms with Crippen LogP contribution < -0.4 is 16.0 Å². The number of para-hydroxylation sites is 1. The summed E-state index contributed by atoms with van der Waals surface area (Å²) in [6, 6.07) is 12.4. The summed E-state index contributed by atoms with van der Waals surface area (Å²) in [5.74, 6) is -0.0329. The first kappa shape index (κ1) is 18.6. The van der Waals surface area contributed by atoms with E-state index in [1.165, 1.54) is 0 Å². The van der Waals surface area contributed by atoms with Gasteiger partial charge in [-0.25, -0.2) is 4.68 Å². The number of carbonyl (C=O) groups is 1. The Morgan fingerprint density at radius 3 is 2.41 bits per heavy atom. The van der Waals surface area contributed by atoms with Gasteiger partial charge in [0.1, 0.15) is 18.5 Å². The van der Waals surface area contributed by atoms with Crippen molar-refractivity contribution in [2.24, 2.45) is 5.73 Å². The smallest absolute Gasteiger partial charge is 0.274 e. The minimum absolute atomic E-state index is 0.00642. The maximum Gasteiger partial charge on any atom is 0.274 e. The first-order valence-corrected chi connectivity index (χ1v) is 8.55. The second-order valence-electron chi connectivity index (χ2n) is 6.43. The number of hydrogen-bond acceptors (Lipinski definition) is 5. The highest BCUT2D eigenvalue weighted by molar-refractivity contribution is 6.03. The minimum Gasteiger partial charge on any atom is -0.490 e. The molecule has 0 spiro atoms. The molecule has 1 heterocycles. The molecule has 1 aromatic heterocycles. The van der Waals surface area contributed by atoms with E-state index >= 15 is 0 Å². The lowest BCUT2D eigenvalue weighted by Crippen LogP contribution is -2.34. The SMILES string of the molecule is Cc1cccc(C)c1OCC(O)Cn1nc(C(N)=O)c2ccccc2c1=O. The van der Waals surface area contributed by atoms with Gasteiger partial charge in [-0.1, -0.05) is 36.4 Å². The molecule has 140 valence electrons. The first-order chi connectivity index (χ1) is 12.9. The molecular weight excluding hydrogens is 346 g/mol. The van der Waals surface area contributed by atoms with E-state index in [2.05, 4.69) is 5.10 Å². The number of amides is 1. The van der Waals surface area contributed by atoms with Crippen LogP contribution in [0.5, 0.6) is 5.75 Å². The van der Waals surface area contributed by atoms with E-state index in [0.29, 0.717) is 16.5 Å². The Morgan fingerprint density at radius 1 is 1.15 bits per heavy atom. The maximum absolute atomic E-state index is 12.6. The van der Waals surface area contributed by atoms with E-state index in [1.807, 2.05) is 32.0 Å². The second-order valence-corrected chi connectivity index (χ2v) is 6.43. The van der Waals surface area contributed by atoms with Gasteiger partial charge in [-0.3, -0.25) is 9.59 Å². The van der Waals surface area contributed by atoms with Gasteiger partial charge in [-0.05, 0) is 31.0 Å². The number of nitrogens with zero attached hydrogens (tertiary/aromatic N) is 2. The van der Waals surface area contributed by atoms with E-state index < -0.39 is 17.6 Å². The van der Waals surface area contributed by atoms with Crippen LogP contribution in [-0.2, 0) is 6.54 Å². The molecule has 0 aliphatic heterocycles. The molecule has 0 radical (unpaired) electrons. The summed E-state index contributed by atoms with van der Waals surface area (Å²) in [5.41, 5.74) is 6.90. The Morgan fingerprint density at radius 2 is 1.78 bits per heavy atom. The van der Waals surface area contributed by atoms with Crippen LogP contribution in [0.15, 0.2) is 47.3 Å². The van der Waals surface area contributed by atoms with Crippen LogP contribution in [0.25, 0.3) is 10.8 Å². The van der Waals surface area contributed by atoms with E-state index in [1.54, 1.807) is 24.3 Å². The van der Waals surface area contributed by atoms with Gasteiger partial charge in [0.25, 0.3) is 11.5 Å². The molecule has 2 aromatic carbocycles. The fourth-order valence-corrected chi connectivity index (χ4v) is 3.00. The second kappa shape index (κ2) is 7.59. The molecule has 1 unspecified atom stereocenters. The number of aliphatic hydroxyl groups excluding tert-OH is 1. The molecule has 3 aromatic rings. The van der Waals surface area contributed by atoms with Crippen LogP contribution in [0.4, 0.5) is 0 Å². The Kier molecular flexibility index (Phi) is 5.23. The number of carbonyl (C=O) groups excluding carboxylic acids is 1. The van der Waals surface area contributed by atoms with Crippen molar-refractivity contribution < 1.29 is 14.6 Å². The number of aryl methyl sites for hydroxylation is 2. The average Bonchev–Trinajstić information content (AvgIpc) is 2.63. The molecule has 3 rings (SSSR count). The number of aliphatic hydroxyl groups is 1. The van der Waals surface area contributed by atoms with Crippen LogP contribution >= 0.6 is 0 Å². The average molecular weight is 367 g/mol. The third kappa shape index (κ3) is 3.83. The third-order valence-electron chi connectivity index (χ3n) is 4.31. The maximum atomic E-state index is 12.6. The molecule has 0 saturated carbocycles. The molecule has 0 aliphatic carbocycles. The molecule has 7 heteroatoms. The lowest BCUT2D eigenvalue weighted by molar-refractivity contribution is 0.0865. The van der Waals surface area contributed by atoms with E-state index in [-0.39, 0.29) is 18.8 Å². The number of fused-ring (bicyclic) bond motifs is 1. The van der Waals surface area contributed by atoms with Gasteiger partial charge in [0.05, 0.1) is 11.9 Å². The van der Waals surface area contributed by atoms with Crippen molar-refractivity contribution in [3.8, 4) is 5.75 Å². The standard InChI is InChI=1S/C20H21N3O4/c1-12-6-5-7-13(2)18(12)27-11-14(24)10-23-20(26)16-9-4-3-8-15(16)17(22-23)19(21)25/h3-9,14,24H,10-11H2,1-2H3,(H2,21,25). The summed E-state index contributed by atoms with van der Waals surface area (Å²) in [6.07, 6.45) is -0.990. The molecule has 0 aliphatic rings. The summed E-state index contributed by atoms with van der Waals surface area (Å²) in [5, 5.41) is 15.1. The van der Waals surface area contributed by atoms with Crippen molar-refractivity contribution in [3.05, 3.63) is 69.6 Å². The summed E-state index contributed by atoms with van der Waals surface area (Å²) in [6.45, 7) is 3.71. The molecule has 27 heavy (non-hydrogen) atoms. The predicted molar refractivity (Wildman–Crippen MR) is 102 cm³/mol. The number of rotatable bonds is 6. The minimum atomic E-state index is -0.990. The van der Waals surface area contributed by atoms with Gasteiger partial charge in [0.15, 0.2) is 5.69 Å². The zero-order valence-electron chi connectivity index (χ0n) is 15.2. The van der Waals surface area contributed by atoms with Gasteiger partial charge in [-0.2, -0.15) is 5.10 Å². The van der Waals surface area contributed by atoms with Gasteiger partial charge in [0, 0.05) is 5.39 Å². The van der Waals surface area contributed by atoms with Crippen LogP contribution in [0.2, 0.25) is 0 Å².